The number of hydrogen-bond acceptors (Lipinski definition) is 6. The minimum atomic E-state index is -0.482. The van der Waals surface area contributed by atoms with Gasteiger partial charge in [-0.2, -0.15) is 0 Å². The van der Waals surface area contributed by atoms with Crippen LogP contribution in [0.3, 0.4) is 0 Å². The molecule has 23 heavy (non-hydrogen) atoms. The maximum Gasteiger partial charge on any atom is 0.316 e. The minimum absolute atomic E-state index is 0.0935. The van der Waals surface area contributed by atoms with Gasteiger partial charge in [-0.15, -0.1) is 0 Å². The number of hydrogen-bond donors (Lipinski definition) is 1. The van der Waals surface area contributed by atoms with E-state index in [1.807, 2.05) is 0 Å². The van der Waals surface area contributed by atoms with E-state index in [1.54, 1.807) is 12.1 Å². The maximum absolute atomic E-state index is 11.7. The van der Waals surface area contributed by atoms with Gasteiger partial charge >= 0.3 is 5.97 Å². The van der Waals surface area contributed by atoms with Crippen molar-refractivity contribution < 1.29 is 14.3 Å². The van der Waals surface area contributed by atoms with Crippen molar-refractivity contribution in [1.82, 2.24) is 9.88 Å². The summed E-state index contributed by atoms with van der Waals surface area (Å²) in [5.41, 5.74) is 0.375. The molecule has 0 atom stereocenters. The summed E-state index contributed by atoms with van der Waals surface area (Å²) in [4.78, 5) is 29.3. The predicted octanol–water partition coefficient (Wildman–Crippen LogP) is 2.33. The van der Waals surface area contributed by atoms with Gasteiger partial charge in [-0.05, 0) is 25.0 Å². The standard InChI is InChI=1S/C14H16ClN3O3S2/c15-13-10(4-3-5-16-13)17-11(19)8-21-12(20)9-23-14(22)18-6-1-2-7-18/h3-5H,1-2,6-9H2,(H,17,19). The van der Waals surface area contributed by atoms with Crippen LogP contribution in [0, 0.1) is 0 Å². The van der Waals surface area contributed by atoms with Gasteiger partial charge in [0, 0.05) is 19.3 Å². The van der Waals surface area contributed by atoms with Gasteiger partial charge in [0.05, 0.1) is 11.4 Å². The summed E-state index contributed by atoms with van der Waals surface area (Å²) in [5, 5.41) is 2.70. The van der Waals surface area contributed by atoms with Crippen LogP contribution in [0.25, 0.3) is 0 Å². The molecule has 1 aliphatic heterocycles. The van der Waals surface area contributed by atoms with Crippen molar-refractivity contribution in [3.63, 3.8) is 0 Å². The monoisotopic (exact) mass is 373 g/mol. The first-order valence-corrected chi connectivity index (χ1v) is 8.81. The summed E-state index contributed by atoms with van der Waals surface area (Å²) < 4.78 is 5.62. The highest BCUT2D eigenvalue weighted by molar-refractivity contribution is 8.23. The first-order chi connectivity index (χ1) is 11.1. The molecule has 0 saturated carbocycles. The molecule has 0 aromatic carbocycles. The molecule has 6 nitrogen and oxygen atoms in total. The molecule has 0 radical (unpaired) electrons. The van der Waals surface area contributed by atoms with Gasteiger partial charge < -0.3 is 15.0 Å². The number of rotatable bonds is 5. The third-order valence-electron chi connectivity index (χ3n) is 3.08. The largest absolute Gasteiger partial charge is 0.455 e. The molecule has 1 aromatic heterocycles. The predicted molar refractivity (Wildman–Crippen MR) is 94.7 cm³/mol. The lowest BCUT2D eigenvalue weighted by atomic mass is 10.4. The second-order valence-corrected chi connectivity index (χ2v) is 6.77. The molecule has 9 heteroatoms. The summed E-state index contributed by atoms with van der Waals surface area (Å²) in [6.45, 7) is 1.51. The highest BCUT2D eigenvalue weighted by atomic mass is 35.5. The van der Waals surface area contributed by atoms with E-state index in [2.05, 4.69) is 15.2 Å². The van der Waals surface area contributed by atoms with E-state index in [0.29, 0.717) is 10.0 Å². The smallest absolute Gasteiger partial charge is 0.316 e. The Morgan fingerprint density at radius 1 is 1.43 bits per heavy atom. The van der Waals surface area contributed by atoms with Gasteiger partial charge in [0.25, 0.3) is 5.91 Å². The van der Waals surface area contributed by atoms with Crippen LogP contribution in [0.2, 0.25) is 5.15 Å². The van der Waals surface area contributed by atoms with Gasteiger partial charge in [-0.3, -0.25) is 9.59 Å². The second kappa shape index (κ2) is 9.05. The molecule has 1 fully saturated rings. The third kappa shape index (κ3) is 5.96. The van der Waals surface area contributed by atoms with E-state index >= 15 is 0 Å². The van der Waals surface area contributed by atoms with Gasteiger partial charge in [0.1, 0.15) is 4.32 Å². The van der Waals surface area contributed by atoms with Crippen molar-refractivity contribution in [2.75, 3.05) is 30.8 Å². The third-order valence-corrected chi connectivity index (χ3v) is 4.87. The number of ether oxygens (including phenoxy) is 1. The Morgan fingerprint density at radius 2 is 2.17 bits per heavy atom. The SMILES string of the molecule is O=C(COC(=O)CSC(=S)N1CCCC1)Nc1cccnc1Cl. The lowest BCUT2D eigenvalue weighted by molar-refractivity contribution is -0.144. The number of aromatic nitrogens is 1. The zero-order valence-electron chi connectivity index (χ0n) is 12.3. The number of thioether (sulfide) groups is 1. The van der Waals surface area contributed by atoms with Gasteiger partial charge in [-0.1, -0.05) is 35.6 Å². The highest BCUT2D eigenvalue weighted by Crippen LogP contribution is 2.18. The van der Waals surface area contributed by atoms with Gasteiger partial charge in [0.2, 0.25) is 0 Å². The molecule has 0 spiro atoms. The molecule has 1 amide bonds. The molecule has 1 saturated heterocycles. The second-order valence-electron chi connectivity index (χ2n) is 4.80. The number of nitrogens with one attached hydrogen (secondary N) is 1. The van der Waals surface area contributed by atoms with Crippen molar-refractivity contribution in [2.24, 2.45) is 0 Å². The van der Waals surface area contributed by atoms with E-state index in [0.717, 1.165) is 25.9 Å². The van der Waals surface area contributed by atoms with Crippen molar-refractivity contribution in [3.8, 4) is 0 Å². The quantitative estimate of drug-likeness (QED) is 0.482. The van der Waals surface area contributed by atoms with E-state index in [4.69, 9.17) is 28.6 Å². The van der Waals surface area contributed by atoms with Crippen LogP contribution in [-0.2, 0) is 14.3 Å². The molecular weight excluding hydrogens is 358 g/mol. The number of carbonyl (C=O) groups is 2. The number of amides is 1. The van der Waals surface area contributed by atoms with E-state index in [1.165, 1.54) is 18.0 Å². The molecule has 1 N–H and O–H groups in total. The van der Waals surface area contributed by atoms with Gasteiger partial charge in [0.15, 0.2) is 11.8 Å². The van der Waals surface area contributed by atoms with Crippen LogP contribution in [-0.4, -0.2) is 51.5 Å². The Labute approximate surface area is 148 Å². The van der Waals surface area contributed by atoms with E-state index in [9.17, 15) is 9.59 Å². The zero-order valence-corrected chi connectivity index (χ0v) is 14.7. The molecule has 0 aliphatic carbocycles. The Morgan fingerprint density at radius 3 is 2.87 bits per heavy atom. The maximum atomic E-state index is 11.7. The number of carbonyl (C=O) groups excluding carboxylic acids is 2. The van der Waals surface area contributed by atoms with E-state index < -0.39 is 11.9 Å². The Hall–Kier alpha value is -1.38. The fourth-order valence-corrected chi connectivity index (χ4v) is 3.18. The lowest BCUT2D eigenvalue weighted by Gasteiger charge is -2.17. The van der Waals surface area contributed by atoms with Crippen LogP contribution in [0.4, 0.5) is 5.69 Å². The van der Waals surface area contributed by atoms with Crippen molar-refractivity contribution in [3.05, 3.63) is 23.5 Å². The molecule has 1 aliphatic rings. The summed E-state index contributed by atoms with van der Waals surface area (Å²) in [5.74, 6) is -0.861. The van der Waals surface area contributed by atoms with Gasteiger partial charge in [-0.25, -0.2) is 4.98 Å². The van der Waals surface area contributed by atoms with Crippen LogP contribution in [0.5, 0.6) is 0 Å². The first kappa shape index (κ1) is 18.0. The number of nitrogens with zero attached hydrogens (tertiary/aromatic N) is 2. The number of pyridine rings is 1. The zero-order chi connectivity index (χ0) is 16.7. The van der Waals surface area contributed by atoms with Crippen LogP contribution < -0.4 is 5.32 Å². The molecular formula is C14H16ClN3O3S2. The lowest BCUT2D eigenvalue weighted by Crippen LogP contribution is -2.25. The molecule has 0 bridgehead atoms. The molecule has 0 unspecified atom stereocenters. The van der Waals surface area contributed by atoms with Crippen LogP contribution in [0.1, 0.15) is 12.8 Å². The van der Waals surface area contributed by atoms with Crippen molar-refractivity contribution in [2.45, 2.75) is 12.8 Å². The summed E-state index contributed by atoms with van der Waals surface area (Å²) >= 11 is 12.3. The summed E-state index contributed by atoms with van der Waals surface area (Å²) in [6, 6.07) is 3.25. The number of halogens is 1. The normalized spacial score (nSPS) is 13.7. The van der Waals surface area contributed by atoms with Crippen molar-refractivity contribution >= 4 is 57.5 Å². The molecule has 124 valence electrons. The van der Waals surface area contributed by atoms with Crippen LogP contribution in [0.15, 0.2) is 18.3 Å². The highest BCUT2D eigenvalue weighted by Gasteiger charge is 2.17. The average Bonchev–Trinajstić information content (AvgIpc) is 3.07. The topological polar surface area (TPSA) is 71.5 Å². The summed E-state index contributed by atoms with van der Waals surface area (Å²) in [7, 11) is 0. The minimum Gasteiger partial charge on any atom is -0.455 e. The molecule has 2 rings (SSSR count). The van der Waals surface area contributed by atoms with E-state index in [-0.39, 0.29) is 17.5 Å². The Bertz CT molecular complexity index is 594. The fraction of sp³-hybridized carbons (Fsp3) is 0.429. The van der Waals surface area contributed by atoms with Crippen molar-refractivity contribution in [1.29, 1.82) is 0 Å². The number of thiocarbonyl (C=S) groups is 1. The molecule has 2 heterocycles. The summed E-state index contributed by atoms with van der Waals surface area (Å²) in [6.07, 6.45) is 3.77. The number of likely N-dealkylation sites (tertiary alicyclic amines) is 1. The number of esters is 1. The fourth-order valence-electron chi connectivity index (χ4n) is 1.96. The average molecular weight is 374 g/mol. The molecule has 1 aromatic rings. The number of anilines is 1. The Balaban J connectivity index is 1.66. The first-order valence-electron chi connectivity index (χ1n) is 7.04. The Kier molecular flexibility index (Phi) is 7.07. The van der Waals surface area contributed by atoms with Crippen LogP contribution >= 0.6 is 35.6 Å².